The molecule has 0 aliphatic carbocycles. The van der Waals surface area contributed by atoms with Gasteiger partial charge in [-0.15, -0.1) is 69.1 Å². The van der Waals surface area contributed by atoms with E-state index in [0.717, 1.165) is 0 Å². The fraction of sp³-hybridized carbons (Fsp3) is 0.182. The molecule has 4 rings (SSSR count). The summed E-state index contributed by atoms with van der Waals surface area (Å²) in [6.07, 6.45) is 0. The molecule has 4 aromatic carbocycles. The maximum atomic E-state index is 2.37. The number of fused-ring (bicyclic) bond motifs is 2. The maximum absolute atomic E-state index is 2.37. The van der Waals surface area contributed by atoms with Gasteiger partial charge in [-0.3, -0.25) is 0 Å². The predicted molar refractivity (Wildman–Crippen MR) is 131 cm³/mol. The molecule has 0 heterocycles. The van der Waals surface area contributed by atoms with Gasteiger partial charge in [0.15, 0.2) is 0 Å². The van der Waals surface area contributed by atoms with Crippen LogP contribution in [0.15, 0.2) is 60.7 Å². The Bertz CT molecular complexity index is 956. The monoisotopic (exact) mass is 728 g/mol. The molecule has 0 radical (unpaired) electrons. The van der Waals surface area contributed by atoms with Crippen molar-refractivity contribution >= 4 is 72.2 Å². The van der Waals surface area contributed by atoms with E-state index < -0.39 is 0 Å². The number of halogens is 4. The van der Waals surface area contributed by atoms with Crippen LogP contribution < -0.4 is 24.8 Å². The number of benzene rings is 2. The zero-order valence-electron chi connectivity index (χ0n) is 16.3. The summed E-state index contributed by atoms with van der Waals surface area (Å²) in [5, 5.41) is 5.47. The van der Waals surface area contributed by atoms with Crippen LogP contribution in [-0.4, -0.2) is 5.43 Å². The zero-order chi connectivity index (χ0) is 19.3. The van der Waals surface area contributed by atoms with E-state index in [9.17, 15) is 0 Å². The first-order valence-electron chi connectivity index (χ1n) is 8.43. The van der Waals surface area contributed by atoms with Crippen molar-refractivity contribution in [1.82, 2.24) is 0 Å². The van der Waals surface area contributed by atoms with Gasteiger partial charge >= 0.3 is 41.9 Å². The van der Waals surface area contributed by atoms with E-state index in [4.69, 9.17) is 0 Å². The largest absolute Gasteiger partial charge is 1.00 e. The Hall–Kier alpha value is 0.800. The summed E-state index contributed by atoms with van der Waals surface area (Å²) in [6, 6.07) is 21.7. The minimum absolute atomic E-state index is 0. The van der Waals surface area contributed by atoms with Crippen molar-refractivity contribution in [3.05, 3.63) is 78.9 Å². The summed E-state index contributed by atoms with van der Waals surface area (Å²) in [5.74, 6) is 0. The average Bonchev–Trinajstić information content (AvgIpc) is 3.11. The minimum Gasteiger partial charge on any atom is -1.00 e. The van der Waals surface area contributed by atoms with Gasteiger partial charge in [-0.05, 0) is 7.14 Å². The molecule has 0 aliphatic heterocycles. The number of aryl methyl sites for hydroxylation is 2. The van der Waals surface area contributed by atoms with Gasteiger partial charge in [0.2, 0.25) is 0 Å². The topological polar surface area (TPSA) is 0 Å². The SMILES string of the molecule is C[Si](C)=[Zr+2].Cc1cc2c(I)cccc2[cH-]1.Cc1cc2c(I)cccc2[cH-]1.[Cl-].[Cl-]. The quantitative estimate of drug-likeness (QED) is 0.147. The van der Waals surface area contributed by atoms with Gasteiger partial charge < -0.3 is 24.8 Å². The smallest absolute Gasteiger partial charge is 0.0306 e. The zero-order valence-corrected chi connectivity index (χ0v) is 25.6. The van der Waals surface area contributed by atoms with Gasteiger partial charge in [0.05, 0.1) is 0 Å². The molecule has 148 valence electrons. The van der Waals surface area contributed by atoms with Gasteiger partial charge in [0.25, 0.3) is 0 Å². The summed E-state index contributed by atoms with van der Waals surface area (Å²) >= 11 is 6.48. The molecule has 6 heteroatoms. The molecular weight excluding hydrogens is 708 g/mol. The van der Waals surface area contributed by atoms with Crippen LogP contribution in [0.3, 0.4) is 0 Å². The average molecular weight is 730 g/mol. The number of hydrogen-bond acceptors (Lipinski definition) is 0. The molecule has 0 aromatic heterocycles. The van der Waals surface area contributed by atoms with Gasteiger partial charge in [-0.25, -0.2) is 0 Å². The van der Waals surface area contributed by atoms with Gasteiger partial charge in [-0.2, -0.15) is 12.1 Å². The molecule has 0 nitrogen and oxygen atoms in total. The van der Waals surface area contributed by atoms with Gasteiger partial charge in [0.1, 0.15) is 0 Å². The second kappa shape index (κ2) is 14.0. The summed E-state index contributed by atoms with van der Waals surface area (Å²) in [6.45, 7) is 8.89. The molecule has 4 aromatic rings. The molecule has 0 fully saturated rings. The van der Waals surface area contributed by atoms with Gasteiger partial charge in [-0.1, -0.05) is 71.2 Å². The summed E-state index contributed by atoms with van der Waals surface area (Å²) in [5.41, 5.74) is 2.91. The predicted octanol–water partition coefficient (Wildman–Crippen LogP) is 1.74. The third-order valence-electron chi connectivity index (χ3n) is 3.68. The fourth-order valence-corrected chi connectivity index (χ4v) is 4.04. The van der Waals surface area contributed by atoms with Crippen molar-refractivity contribution in [2.75, 3.05) is 0 Å². The third-order valence-corrected chi connectivity index (χ3v) is 5.57. The first-order chi connectivity index (χ1) is 12.3. The molecule has 0 N–H and O–H groups in total. The molecule has 0 amide bonds. The van der Waals surface area contributed by atoms with Crippen LogP contribution in [0.5, 0.6) is 0 Å². The van der Waals surface area contributed by atoms with Crippen LogP contribution in [0.4, 0.5) is 0 Å². The van der Waals surface area contributed by atoms with E-state index >= 15 is 0 Å². The molecule has 0 atom stereocenters. The second-order valence-electron chi connectivity index (χ2n) is 6.55. The summed E-state index contributed by atoms with van der Waals surface area (Å²) in [7, 11) is 0. The minimum atomic E-state index is 0. The molecular formula is C22H22Cl2I2SiZr-2. The second-order valence-corrected chi connectivity index (χ2v) is 18.2. The van der Waals surface area contributed by atoms with Crippen molar-refractivity contribution in [2.45, 2.75) is 26.9 Å². The molecule has 0 aliphatic rings. The third kappa shape index (κ3) is 8.89. The molecule has 0 saturated carbocycles. The Labute approximate surface area is 223 Å². The van der Waals surface area contributed by atoms with Gasteiger partial charge in [0, 0.05) is 0 Å². The molecule has 28 heavy (non-hydrogen) atoms. The van der Waals surface area contributed by atoms with Crippen LogP contribution in [0.1, 0.15) is 11.1 Å². The Morgan fingerprint density at radius 2 is 1.07 bits per heavy atom. The Balaban J connectivity index is 0.000000415. The Kier molecular flexibility index (Phi) is 14.4. The summed E-state index contributed by atoms with van der Waals surface area (Å²) < 4.78 is 2.68. The van der Waals surface area contributed by atoms with Crippen LogP contribution in [0.2, 0.25) is 13.1 Å². The van der Waals surface area contributed by atoms with E-state index in [0.29, 0.717) is 0 Å². The van der Waals surface area contributed by atoms with Crippen molar-refractivity contribution in [3.8, 4) is 0 Å². The number of hydrogen-bond donors (Lipinski definition) is 0. The standard InChI is InChI=1S/2C10H8I.C2H6Si.2ClH.Zr/c2*1-7-5-8-3-2-4-10(11)9(8)6-7;1-3-2;;;/h2*2-6H,1H3;1-2H3;2*1H;/q2*-1;;;;+2/p-2. The van der Waals surface area contributed by atoms with Crippen LogP contribution in [-0.2, 0) is 23.3 Å². The molecule has 0 unspecified atom stereocenters. The first kappa shape index (κ1) is 28.8. The van der Waals surface area contributed by atoms with E-state index in [1.165, 1.54) is 39.8 Å². The molecule has 0 saturated heterocycles. The number of rotatable bonds is 0. The summed E-state index contributed by atoms with van der Waals surface area (Å²) in [4.78, 5) is 0. The van der Waals surface area contributed by atoms with Crippen LogP contribution >= 0.6 is 45.2 Å². The Morgan fingerprint density at radius 3 is 1.36 bits per heavy atom. The van der Waals surface area contributed by atoms with E-state index in [-0.39, 0.29) is 30.2 Å². The van der Waals surface area contributed by atoms with E-state index in [1.54, 1.807) is 23.3 Å². The fourth-order valence-electron chi connectivity index (χ4n) is 2.69. The van der Waals surface area contributed by atoms with E-state index in [1.807, 2.05) is 0 Å². The van der Waals surface area contributed by atoms with Crippen molar-refractivity contribution in [3.63, 3.8) is 0 Å². The maximum Gasteiger partial charge on any atom is -0.0306 e. The first-order valence-corrected chi connectivity index (χ1v) is 16.8. The normalized spacial score (nSPS) is 9.43. The van der Waals surface area contributed by atoms with Crippen molar-refractivity contribution in [2.24, 2.45) is 0 Å². The molecule has 0 spiro atoms. The Morgan fingerprint density at radius 1 is 0.750 bits per heavy atom. The molecule has 0 bridgehead atoms. The van der Waals surface area contributed by atoms with Crippen LogP contribution in [0, 0.1) is 21.0 Å². The van der Waals surface area contributed by atoms with Crippen LogP contribution in [0.25, 0.3) is 21.5 Å². The van der Waals surface area contributed by atoms with Crippen molar-refractivity contribution in [1.29, 1.82) is 0 Å². The van der Waals surface area contributed by atoms with Crippen molar-refractivity contribution < 1.29 is 48.1 Å². The van der Waals surface area contributed by atoms with E-state index in [2.05, 4.69) is 133 Å².